The lowest BCUT2D eigenvalue weighted by atomic mass is 9.97. The monoisotopic (exact) mass is 400 g/mol. The molecular formula is C20H28N6OS. The van der Waals surface area contributed by atoms with Gasteiger partial charge in [0.05, 0.1) is 19.0 Å². The van der Waals surface area contributed by atoms with E-state index in [2.05, 4.69) is 38.9 Å². The fraction of sp³-hybridized carbons (Fsp3) is 0.450. The van der Waals surface area contributed by atoms with Crippen LogP contribution in [0.15, 0.2) is 40.8 Å². The van der Waals surface area contributed by atoms with Crippen LogP contribution in [0.1, 0.15) is 30.2 Å². The maximum absolute atomic E-state index is 11.6. The van der Waals surface area contributed by atoms with Crippen molar-refractivity contribution >= 4 is 29.0 Å². The molecule has 7 nitrogen and oxygen atoms in total. The second kappa shape index (κ2) is 10.1. The number of aromatic nitrogens is 1. The third-order valence-corrected chi connectivity index (χ3v) is 5.63. The Hall–Kier alpha value is -2.61. The predicted molar refractivity (Wildman–Crippen MR) is 114 cm³/mol. The van der Waals surface area contributed by atoms with E-state index >= 15 is 0 Å². The first kappa shape index (κ1) is 20.1. The summed E-state index contributed by atoms with van der Waals surface area (Å²) in [5, 5.41) is 8.72. The number of hydrogen-bond donors (Lipinski definition) is 3. The largest absolute Gasteiger partial charge is 0.369 e. The minimum absolute atomic E-state index is 0.114. The molecule has 1 unspecified atom stereocenters. The van der Waals surface area contributed by atoms with Crippen LogP contribution >= 0.6 is 11.3 Å². The van der Waals surface area contributed by atoms with Crippen LogP contribution in [0.5, 0.6) is 0 Å². The van der Waals surface area contributed by atoms with Gasteiger partial charge in [0.1, 0.15) is 5.82 Å². The van der Waals surface area contributed by atoms with Crippen LogP contribution in [0.2, 0.25) is 0 Å². The molecule has 0 aromatic carbocycles. The molecule has 0 saturated carbocycles. The van der Waals surface area contributed by atoms with Gasteiger partial charge in [-0.3, -0.25) is 4.79 Å². The Labute approximate surface area is 170 Å². The number of hydrogen-bond acceptors (Lipinski definition) is 5. The van der Waals surface area contributed by atoms with E-state index in [0.717, 1.165) is 49.8 Å². The fourth-order valence-electron chi connectivity index (χ4n) is 3.33. The van der Waals surface area contributed by atoms with Gasteiger partial charge < -0.3 is 21.3 Å². The summed E-state index contributed by atoms with van der Waals surface area (Å²) in [6.45, 7) is 5.61. The van der Waals surface area contributed by atoms with E-state index in [1.807, 2.05) is 18.2 Å². The van der Waals surface area contributed by atoms with Crippen molar-refractivity contribution in [2.24, 2.45) is 16.6 Å². The quantitative estimate of drug-likeness (QED) is 0.489. The number of aliphatic imine (C=N–C) groups is 1. The third-order valence-electron chi connectivity index (χ3n) is 4.75. The zero-order valence-electron chi connectivity index (χ0n) is 16.2. The Morgan fingerprint density at radius 1 is 1.39 bits per heavy atom. The lowest BCUT2D eigenvalue weighted by molar-refractivity contribution is -0.122. The highest BCUT2D eigenvalue weighted by atomic mass is 32.1. The number of guanidine groups is 1. The molecule has 1 fully saturated rings. The first-order valence-electron chi connectivity index (χ1n) is 9.70. The minimum atomic E-state index is -0.229. The summed E-state index contributed by atoms with van der Waals surface area (Å²) in [5.41, 5.74) is 6.57. The Bertz CT molecular complexity index is 792. The number of primary amides is 1. The summed E-state index contributed by atoms with van der Waals surface area (Å²) in [7, 11) is 0. The molecule has 1 saturated heterocycles. The van der Waals surface area contributed by atoms with E-state index in [1.165, 1.54) is 4.88 Å². The molecular weight excluding hydrogens is 372 g/mol. The maximum Gasteiger partial charge on any atom is 0.222 e. The number of anilines is 1. The smallest absolute Gasteiger partial charge is 0.222 e. The van der Waals surface area contributed by atoms with Crippen LogP contribution in [0.4, 0.5) is 5.82 Å². The van der Waals surface area contributed by atoms with Crippen LogP contribution in [-0.2, 0) is 17.9 Å². The highest BCUT2D eigenvalue weighted by Gasteiger charge is 2.25. The van der Waals surface area contributed by atoms with Crippen LogP contribution in [0.25, 0.3) is 0 Å². The molecule has 3 heterocycles. The molecule has 1 aliphatic heterocycles. The Balaban J connectivity index is 1.70. The molecule has 2 aromatic rings. The molecule has 28 heavy (non-hydrogen) atoms. The lowest BCUT2D eigenvalue weighted by Gasteiger charge is -2.33. The first-order chi connectivity index (χ1) is 13.7. The molecule has 2 aromatic heterocycles. The van der Waals surface area contributed by atoms with E-state index in [4.69, 9.17) is 10.7 Å². The van der Waals surface area contributed by atoms with Gasteiger partial charge in [-0.05, 0) is 37.3 Å². The van der Waals surface area contributed by atoms with Crippen LogP contribution in [-0.4, -0.2) is 36.5 Å². The second-order valence-electron chi connectivity index (χ2n) is 6.80. The van der Waals surface area contributed by atoms with E-state index in [9.17, 15) is 4.79 Å². The van der Waals surface area contributed by atoms with Gasteiger partial charge >= 0.3 is 0 Å². The van der Waals surface area contributed by atoms with E-state index in [-0.39, 0.29) is 11.8 Å². The average molecular weight is 401 g/mol. The van der Waals surface area contributed by atoms with Gasteiger partial charge in [-0.25, -0.2) is 9.98 Å². The number of nitrogens with one attached hydrogen (secondary N) is 2. The van der Waals surface area contributed by atoms with Crippen molar-refractivity contribution in [3.8, 4) is 0 Å². The number of pyridine rings is 1. The van der Waals surface area contributed by atoms with Gasteiger partial charge in [-0.15, -0.1) is 11.3 Å². The summed E-state index contributed by atoms with van der Waals surface area (Å²) in [6.07, 6.45) is 3.58. The van der Waals surface area contributed by atoms with Crippen molar-refractivity contribution in [1.29, 1.82) is 0 Å². The number of nitrogens with zero attached hydrogens (tertiary/aromatic N) is 3. The Morgan fingerprint density at radius 3 is 3.04 bits per heavy atom. The van der Waals surface area contributed by atoms with E-state index in [0.29, 0.717) is 13.1 Å². The van der Waals surface area contributed by atoms with E-state index < -0.39 is 0 Å². The van der Waals surface area contributed by atoms with Crippen LogP contribution < -0.4 is 21.3 Å². The van der Waals surface area contributed by atoms with Gasteiger partial charge in [0.2, 0.25) is 5.91 Å². The number of carbonyl (C=O) groups excluding carboxylic acids is 1. The van der Waals surface area contributed by atoms with Gasteiger partial charge in [0.25, 0.3) is 0 Å². The van der Waals surface area contributed by atoms with Crippen molar-refractivity contribution in [3.05, 3.63) is 46.3 Å². The Morgan fingerprint density at radius 2 is 2.29 bits per heavy atom. The molecule has 3 rings (SSSR count). The minimum Gasteiger partial charge on any atom is -0.369 e. The fourth-order valence-corrected chi connectivity index (χ4v) is 3.97. The molecule has 0 aliphatic carbocycles. The molecule has 1 atom stereocenters. The highest BCUT2D eigenvalue weighted by molar-refractivity contribution is 7.09. The van der Waals surface area contributed by atoms with Crippen molar-refractivity contribution in [3.63, 3.8) is 0 Å². The van der Waals surface area contributed by atoms with Crippen molar-refractivity contribution < 1.29 is 4.79 Å². The lowest BCUT2D eigenvalue weighted by Crippen LogP contribution is -2.42. The molecule has 150 valence electrons. The van der Waals surface area contributed by atoms with Gasteiger partial charge in [-0.2, -0.15) is 0 Å². The zero-order chi connectivity index (χ0) is 19.8. The van der Waals surface area contributed by atoms with Crippen LogP contribution in [0.3, 0.4) is 0 Å². The summed E-state index contributed by atoms with van der Waals surface area (Å²) < 4.78 is 0. The number of carbonyl (C=O) groups is 1. The number of piperidine rings is 1. The molecule has 0 spiro atoms. The number of amides is 1. The molecule has 1 aliphatic rings. The standard InChI is InChI=1S/C20H28N6OS/c1-2-22-20(25-13-17-8-5-11-28-17)24-12-15-6-3-9-23-19(15)26-10-4-7-16(14-26)18(21)27/h3,5-6,8-9,11,16H,2,4,7,10,12-14H2,1H3,(H2,21,27)(H2,22,24,25). The van der Waals surface area contributed by atoms with Crippen molar-refractivity contribution in [2.45, 2.75) is 32.9 Å². The maximum atomic E-state index is 11.6. The van der Waals surface area contributed by atoms with Crippen molar-refractivity contribution in [1.82, 2.24) is 15.6 Å². The summed E-state index contributed by atoms with van der Waals surface area (Å²) in [6, 6.07) is 8.12. The highest BCUT2D eigenvalue weighted by Crippen LogP contribution is 2.25. The SMILES string of the molecule is CCNC(=NCc1cccnc1N1CCCC(C(N)=O)C1)NCc1cccs1. The summed E-state index contributed by atoms with van der Waals surface area (Å²) >= 11 is 1.72. The van der Waals surface area contributed by atoms with Gasteiger partial charge in [0.15, 0.2) is 5.96 Å². The van der Waals surface area contributed by atoms with Gasteiger partial charge in [0, 0.05) is 36.3 Å². The molecule has 0 radical (unpaired) electrons. The first-order valence-corrected chi connectivity index (χ1v) is 10.6. The summed E-state index contributed by atoms with van der Waals surface area (Å²) in [5.74, 6) is 1.33. The molecule has 4 N–H and O–H groups in total. The topological polar surface area (TPSA) is 95.6 Å². The number of rotatable bonds is 7. The Kier molecular flexibility index (Phi) is 7.25. The van der Waals surface area contributed by atoms with E-state index in [1.54, 1.807) is 17.5 Å². The average Bonchev–Trinajstić information content (AvgIpc) is 3.24. The van der Waals surface area contributed by atoms with Gasteiger partial charge in [-0.1, -0.05) is 12.1 Å². The zero-order valence-corrected chi connectivity index (χ0v) is 17.0. The number of nitrogens with two attached hydrogens (primary N) is 1. The third kappa shape index (κ3) is 5.45. The molecule has 8 heteroatoms. The predicted octanol–water partition coefficient (Wildman–Crippen LogP) is 2.10. The molecule has 1 amide bonds. The summed E-state index contributed by atoms with van der Waals surface area (Å²) in [4.78, 5) is 24.3. The second-order valence-corrected chi connectivity index (χ2v) is 7.83. The van der Waals surface area contributed by atoms with Crippen LogP contribution in [0, 0.1) is 5.92 Å². The normalized spacial score (nSPS) is 17.4. The number of thiophene rings is 1. The molecule has 0 bridgehead atoms. The van der Waals surface area contributed by atoms with Crippen molar-refractivity contribution in [2.75, 3.05) is 24.5 Å².